The van der Waals surface area contributed by atoms with Crippen molar-refractivity contribution in [2.45, 2.75) is 44.6 Å². The van der Waals surface area contributed by atoms with Crippen LogP contribution in [0.4, 0.5) is 8.78 Å². The number of likely N-dealkylation sites (tertiary alicyclic amines) is 1. The predicted molar refractivity (Wildman–Crippen MR) is 122 cm³/mol. The molecule has 1 fully saturated rings. The highest BCUT2D eigenvalue weighted by Gasteiger charge is 2.57. The van der Waals surface area contributed by atoms with Gasteiger partial charge in [0.2, 0.25) is 0 Å². The Bertz CT molecular complexity index is 1020. The number of rotatable bonds is 3. The van der Waals surface area contributed by atoms with Crippen LogP contribution in [0.1, 0.15) is 44.2 Å². The maximum Gasteiger partial charge on any atom is 0.290 e. The molecule has 0 radical (unpaired) electrons. The molecule has 1 saturated heterocycles. The third kappa shape index (κ3) is 5.06. The van der Waals surface area contributed by atoms with Gasteiger partial charge in [-0.25, -0.2) is 8.78 Å². The Morgan fingerprint density at radius 3 is 2.44 bits per heavy atom. The summed E-state index contributed by atoms with van der Waals surface area (Å²) in [6.07, 6.45) is 0.637. The zero-order valence-electron chi connectivity index (χ0n) is 18.4. The maximum atomic E-state index is 15.2. The third-order valence-corrected chi connectivity index (χ3v) is 6.33. The second-order valence-corrected chi connectivity index (χ2v) is 9.97. The van der Waals surface area contributed by atoms with E-state index in [1.165, 1.54) is 12.1 Å². The molecule has 0 amide bonds. The summed E-state index contributed by atoms with van der Waals surface area (Å²) in [6.45, 7) is 6.39. The molecule has 0 aromatic heterocycles. The van der Waals surface area contributed by atoms with Gasteiger partial charge in [-0.3, -0.25) is 4.79 Å². The number of halogens is 4. The van der Waals surface area contributed by atoms with E-state index in [1.54, 1.807) is 24.3 Å². The largest absolute Gasteiger partial charge is 0.483 e. The third-order valence-electron chi connectivity index (χ3n) is 5.80. The SMILES string of the molecule is CN1CC(c2cccc(Cl)c2F)[C@@](C#N)(c2ccc(Cl)cc2F)C1CC(C)(C)C.O=CO. The van der Waals surface area contributed by atoms with Gasteiger partial charge in [-0.15, -0.1) is 0 Å². The molecular weight excluding hydrogens is 457 g/mol. The summed E-state index contributed by atoms with van der Waals surface area (Å²) in [5.41, 5.74) is -0.836. The number of nitrogens with zero attached hydrogens (tertiary/aromatic N) is 2. The molecule has 2 unspecified atom stereocenters. The summed E-state index contributed by atoms with van der Waals surface area (Å²) in [5.74, 6) is -1.70. The molecular formula is C24H26Cl2F2N2O2. The Kier molecular flexibility index (Phi) is 8.27. The molecule has 172 valence electrons. The first kappa shape index (κ1) is 26.1. The van der Waals surface area contributed by atoms with E-state index >= 15 is 8.78 Å². The number of nitriles is 1. The molecule has 0 spiro atoms. The van der Waals surface area contributed by atoms with Crippen molar-refractivity contribution in [1.82, 2.24) is 4.90 Å². The molecule has 4 nitrogen and oxygen atoms in total. The normalized spacial score (nSPS) is 23.2. The van der Waals surface area contributed by atoms with Crippen molar-refractivity contribution in [3.8, 4) is 6.07 Å². The number of likely N-dealkylation sites (N-methyl/N-ethyl adjacent to an activating group) is 1. The summed E-state index contributed by atoms with van der Waals surface area (Å²) >= 11 is 12.0. The molecule has 2 aromatic rings. The van der Waals surface area contributed by atoms with Crippen molar-refractivity contribution in [2.75, 3.05) is 13.6 Å². The Hall–Kier alpha value is -2.20. The molecule has 1 heterocycles. The topological polar surface area (TPSA) is 64.3 Å². The van der Waals surface area contributed by atoms with Crippen LogP contribution in [-0.2, 0) is 10.2 Å². The molecule has 1 N–H and O–H groups in total. The van der Waals surface area contributed by atoms with Crippen LogP contribution in [0.25, 0.3) is 0 Å². The van der Waals surface area contributed by atoms with Gasteiger partial charge in [-0.05, 0) is 42.6 Å². The smallest absolute Gasteiger partial charge is 0.290 e. The van der Waals surface area contributed by atoms with Crippen molar-refractivity contribution in [3.05, 3.63) is 69.2 Å². The van der Waals surface area contributed by atoms with E-state index in [9.17, 15) is 5.26 Å². The van der Waals surface area contributed by atoms with Crippen molar-refractivity contribution < 1.29 is 18.7 Å². The van der Waals surface area contributed by atoms with Crippen LogP contribution in [0.15, 0.2) is 36.4 Å². The van der Waals surface area contributed by atoms with Gasteiger partial charge in [0.25, 0.3) is 6.47 Å². The van der Waals surface area contributed by atoms with Gasteiger partial charge in [0.1, 0.15) is 17.0 Å². The Balaban J connectivity index is 0.00000114. The van der Waals surface area contributed by atoms with E-state index in [-0.39, 0.29) is 33.5 Å². The highest BCUT2D eigenvalue weighted by atomic mass is 35.5. The lowest BCUT2D eigenvalue weighted by atomic mass is 9.64. The van der Waals surface area contributed by atoms with Crippen molar-refractivity contribution in [1.29, 1.82) is 5.26 Å². The Morgan fingerprint density at radius 1 is 1.28 bits per heavy atom. The van der Waals surface area contributed by atoms with Gasteiger partial charge in [-0.2, -0.15) is 5.26 Å². The van der Waals surface area contributed by atoms with Gasteiger partial charge in [0.15, 0.2) is 0 Å². The molecule has 8 heteroatoms. The summed E-state index contributed by atoms with van der Waals surface area (Å²) < 4.78 is 30.2. The van der Waals surface area contributed by atoms with Crippen molar-refractivity contribution in [3.63, 3.8) is 0 Å². The van der Waals surface area contributed by atoms with Crippen molar-refractivity contribution in [2.24, 2.45) is 5.41 Å². The highest BCUT2D eigenvalue weighted by molar-refractivity contribution is 6.31. The number of benzene rings is 2. The van der Waals surface area contributed by atoms with Crippen LogP contribution < -0.4 is 0 Å². The van der Waals surface area contributed by atoms with E-state index < -0.39 is 23.0 Å². The fourth-order valence-electron chi connectivity index (χ4n) is 4.57. The quantitative estimate of drug-likeness (QED) is 0.523. The maximum absolute atomic E-state index is 15.2. The lowest BCUT2D eigenvalue weighted by Crippen LogP contribution is -2.45. The highest BCUT2D eigenvalue weighted by Crippen LogP contribution is 2.53. The molecule has 1 aliphatic heterocycles. The number of carboxylic acid groups (broad SMARTS) is 1. The first-order valence-electron chi connectivity index (χ1n) is 10.0. The van der Waals surface area contributed by atoms with E-state index in [2.05, 4.69) is 26.8 Å². The summed E-state index contributed by atoms with van der Waals surface area (Å²) in [7, 11) is 1.90. The summed E-state index contributed by atoms with van der Waals surface area (Å²) in [4.78, 5) is 10.4. The van der Waals surface area contributed by atoms with Crippen molar-refractivity contribution >= 4 is 29.7 Å². The Morgan fingerprint density at radius 2 is 1.91 bits per heavy atom. The number of hydrogen-bond donors (Lipinski definition) is 1. The van der Waals surface area contributed by atoms with Crippen LogP contribution in [0.2, 0.25) is 10.0 Å². The second kappa shape index (κ2) is 10.2. The van der Waals surface area contributed by atoms with E-state index in [0.29, 0.717) is 18.5 Å². The van der Waals surface area contributed by atoms with Crippen LogP contribution in [-0.4, -0.2) is 36.1 Å². The van der Waals surface area contributed by atoms with Crippen LogP contribution >= 0.6 is 23.2 Å². The predicted octanol–water partition coefficient (Wildman–Crippen LogP) is 6.27. The molecule has 0 saturated carbocycles. The van der Waals surface area contributed by atoms with Gasteiger partial charge >= 0.3 is 0 Å². The average Bonchev–Trinajstić information content (AvgIpc) is 2.96. The fraction of sp³-hybridized carbons (Fsp3) is 0.417. The second-order valence-electron chi connectivity index (χ2n) is 9.13. The lowest BCUT2D eigenvalue weighted by Gasteiger charge is -2.38. The molecule has 0 bridgehead atoms. The zero-order valence-corrected chi connectivity index (χ0v) is 19.9. The minimum absolute atomic E-state index is 0.00663. The standard InChI is InChI=1S/C23H24Cl2F2N2.CH2O2/c1-22(2,3)11-20-23(13-28,16-9-8-14(24)10-19(16)26)17(12-29(20)4)15-6-5-7-18(25)21(15)27;2-1-3/h5-10,17,20H,11-12H2,1-4H3;1H,(H,2,3)/t17?,20?,23-;/m1./s1. The first-order chi connectivity index (χ1) is 14.9. The van der Waals surface area contributed by atoms with Crippen LogP contribution in [0.5, 0.6) is 0 Å². The minimum Gasteiger partial charge on any atom is -0.483 e. The first-order valence-corrected chi connectivity index (χ1v) is 10.8. The lowest BCUT2D eigenvalue weighted by molar-refractivity contribution is -0.122. The van der Waals surface area contributed by atoms with E-state index in [4.69, 9.17) is 33.1 Å². The van der Waals surface area contributed by atoms with Gasteiger partial charge in [0, 0.05) is 29.1 Å². The molecule has 3 rings (SSSR count). The molecule has 2 aromatic carbocycles. The summed E-state index contributed by atoms with van der Waals surface area (Å²) in [5, 5.41) is 17.6. The zero-order chi connectivity index (χ0) is 24.3. The molecule has 0 aliphatic carbocycles. The van der Waals surface area contributed by atoms with Crippen LogP contribution in [0, 0.1) is 28.4 Å². The monoisotopic (exact) mass is 482 g/mol. The van der Waals surface area contributed by atoms with Gasteiger partial charge < -0.3 is 10.0 Å². The molecule has 32 heavy (non-hydrogen) atoms. The van der Waals surface area contributed by atoms with Gasteiger partial charge in [-0.1, -0.05) is 62.2 Å². The molecule has 3 atom stereocenters. The molecule has 1 aliphatic rings. The van der Waals surface area contributed by atoms with Crippen LogP contribution in [0.3, 0.4) is 0 Å². The number of carbonyl (C=O) groups is 1. The fourth-order valence-corrected chi connectivity index (χ4v) is 4.91. The van der Waals surface area contributed by atoms with E-state index in [1.807, 2.05) is 11.9 Å². The average molecular weight is 483 g/mol. The number of hydrogen-bond acceptors (Lipinski definition) is 3. The van der Waals surface area contributed by atoms with E-state index in [0.717, 1.165) is 0 Å². The minimum atomic E-state index is -1.29. The Labute approximate surface area is 197 Å². The summed E-state index contributed by atoms with van der Waals surface area (Å²) in [6, 6.07) is 11.2. The van der Waals surface area contributed by atoms with Gasteiger partial charge in [0.05, 0.1) is 11.1 Å².